The summed E-state index contributed by atoms with van der Waals surface area (Å²) in [6.45, 7) is 26.7. The molecule has 0 aliphatic carbocycles. The second-order valence-electron chi connectivity index (χ2n) is 32.9. The molecule has 10 heterocycles. The molecule has 26 nitrogen and oxygen atoms in total. The number of alkyl halides is 12. The van der Waals surface area contributed by atoms with E-state index < -0.39 is 70.7 Å². The predicted octanol–water partition coefficient (Wildman–Crippen LogP) is 19.2. The third-order valence-electron chi connectivity index (χ3n) is 23.5. The van der Waals surface area contributed by atoms with Crippen LogP contribution in [0.5, 0.6) is 5.88 Å². The minimum Gasteiger partial charge on any atom is -0.476 e. The molecule has 4 fully saturated rings. The van der Waals surface area contributed by atoms with E-state index >= 15 is 0 Å². The van der Waals surface area contributed by atoms with Gasteiger partial charge in [0.1, 0.15) is 28.4 Å². The number of ether oxygens (including phenoxy) is 5. The summed E-state index contributed by atoms with van der Waals surface area (Å²) in [5.41, 5.74) is 9.60. The molecule has 12 aromatic rings. The summed E-state index contributed by atoms with van der Waals surface area (Å²) in [6.07, 6.45) is -8.82. The lowest BCUT2D eigenvalue weighted by atomic mass is 10.0. The molecule has 0 bridgehead atoms. The van der Waals surface area contributed by atoms with E-state index in [2.05, 4.69) is 41.1 Å². The number of anilines is 8. The van der Waals surface area contributed by atoms with Gasteiger partial charge in [-0.2, -0.15) is 52.7 Å². The SMILES string of the molecule is CCOc1ncc(-c2cc(NC(=O)c3cccc(C(F)(F)F)c3)ccc2C)cc1N1CCOCC1.CCn1cc(-c2cc(NC(=O)c3cccc(C(F)(F)F)c3)ccc2C)cc(N2CCOCC2)c1=O.CCn1cc(-c2cc(NC(=O)c3cccc(C(F)(F)F)c3)cnc2C)cc(N2CCOCC2)c1=O.CCn1cc(-c2cc(NC(=O)c3ccnc(C(F)(F)F)c3)ccc2C)cc(N2CCOCC2)c1=O. The number of amides is 4. The van der Waals surface area contributed by atoms with Crippen molar-refractivity contribution in [3.8, 4) is 50.4 Å². The van der Waals surface area contributed by atoms with E-state index in [1.54, 1.807) is 81.0 Å². The number of aryl methyl sites for hydroxylation is 7. The second-order valence-corrected chi connectivity index (χ2v) is 32.9. The number of hydrogen-bond acceptors (Lipinski definition) is 19. The largest absolute Gasteiger partial charge is 0.476 e. The molecule has 4 aliphatic rings. The Morgan fingerprint density at radius 3 is 0.993 bits per heavy atom. The highest BCUT2D eigenvalue weighted by atomic mass is 19.4. The zero-order valence-electron chi connectivity index (χ0n) is 77.7. The van der Waals surface area contributed by atoms with Gasteiger partial charge in [0, 0.05) is 176 Å². The van der Waals surface area contributed by atoms with Crippen LogP contribution in [0.1, 0.15) is 114 Å². The first-order chi connectivity index (χ1) is 66.8. The Morgan fingerprint density at radius 1 is 0.343 bits per heavy atom. The summed E-state index contributed by atoms with van der Waals surface area (Å²) >= 11 is 0. The number of pyridine rings is 6. The average molecular weight is 1940 g/mol. The Morgan fingerprint density at radius 2 is 0.657 bits per heavy atom. The van der Waals surface area contributed by atoms with Crippen LogP contribution in [0.15, 0.2) is 221 Å². The molecule has 0 radical (unpaired) electrons. The van der Waals surface area contributed by atoms with E-state index in [-0.39, 0.29) is 38.9 Å². The zero-order chi connectivity index (χ0) is 100. The number of rotatable bonds is 21. The quantitative estimate of drug-likeness (QED) is 0.0486. The fourth-order valence-electron chi connectivity index (χ4n) is 15.9. The van der Waals surface area contributed by atoms with Crippen molar-refractivity contribution in [1.82, 2.24) is 28.7 Å². The van der Waals surface area contributed by atoms with Crippen molar-refractivity contribution in [3.05, 3.63) is 305 Å². The van der Waals surface area contributed by atoms with Crippen molar-refractivity contribution in [2.45, 2.75) is 99.7 Å². The molecule has 4 N–H and O–H groups in total. The maximum Gasteiger partial charge on any atom is 0.433 e. The Balaban J connectivity index is 0.000000157. The number of morpholine rings is 4. The maximum atomic E-state index is 13.0. The van der Waals surface area contributed by atoms with E-state index in [0.29, 0.717) is 175 Å². The number of halogens is 12. The summed E-state index contributed by atoms with van der Waals surface area (Å²) < 4.78 is 189. The van der Waals surface area contributed by atoms with Crippen molar-refractivity contribution in [1.29, 1.82) is 0 Å². The van der Waals surface area contributed by atoms with Crippen molar-refractivity contribution in [3.63, 3.8) is 0 Å². The molecule has 0 unspecified atom stereocenters. The molecule has 736 valence electrons. The van der Waals surface area contributed by atoms with Gasteiger partial charge in [-0.1, -0.05) is 36.4 Å². The fourth-order valence-corrected chi connectivity index (χ4v) is 15.9. The van der Waals surface area contributed by atoms with Crippen LogP contribution >= 0.6 is 0 Å². The second kappa shape index (κ2) is 45.4. The standard InChI is InChI=1S/2C26H26F3N3O3.2C25H25F3N4O3/c1-3-31-16-19(14-23(25(31)34)32-9-11-35-12-10-32)22-15-21(8-7-17(22)2)30-24(33)18-5-4-6-20(13-18)26(27,28)29;1-3-35-25-23(32-9-11-34-12-10-32)14-19(16-30-25)22-15-21(8-7-17(22)2)31-24(33)18-5-4-6-20(13-18)26(27,28)29;1-3-31-15-18(12-21(24(31)34)32-8-10-35-11-9-32)20-14-19(5-4-16(20)2)30-23(33)17-6-7-29-22(13-17)25(26,27)28;1-3-31-15-18(12-22(24(31)34)32-7-9-35-10-8-32)21-13-20(14-29-16(21)2)30-23(33)17-5-4-6-19(11-17)25(26,27)28/h4-8,13-16H,3,9-12H2,1-2H3,(H,30,33);4-8,13-16H,3,9-12H2,1-2H3,(H,31,33);4-7,12-15H,3,8-11H2,1-2H3,(H,30,33);4-6,11-15H,3,7-10H2,1-2H3,(H,30,33). The van der Waals surface area contributed by atoms with E-state index in [0.717, 1.165) is 123 Å². The van der Waals surface area contributed by atoms with Crippen molar-refractivity contribution in [2.24, 2.45) is 0 Å². The number of hydrogen-bond donors (Lipinski definition) is 4. The first-order valence-corrected chi connectivity index (χ1v) is 45.0. The lowest BCUT2D eigenvalue weighted by molar-refractivity contribution is -0.141. The average Bonchev–Trinajstić information content (AvgIpc) is 0.791. The molecule has 4 saturated heterocycles. The first-order valence-electron chi connectivity index (χ1n) is 45.0. The molecule has 38 heteroatoms. The van der Waals surface area contributed by atoms with Gasteiger partial charge in [0.25, 0.3) is 40.3 Å². The third kappa shape index (κ3) is 25.9. The predicted molar refractivity (Wildman–Crippen MR) is 511 cm³/mol. The number of carbonyl (C=O) groups excluding carboxylic acids is 4. The third-order valence-corrected chi connectivity index (χ3v) is 23.5. The molecule has 6 aromatic heterocycles. The number of carbonyl (C=O) groups is 4. The van der Waals surface area contributed by atoms with E-state index in [1.165, 1.54) is 48.7 Å². The van der Waals surface area contributed by atoms with E-state index in [9.17, 15) is 86.2 Å². The molecular formula is C102H102F12N14O12. The molecule has 0 spiro atoms. The summed E-state index contributed by atoms with van der Waals surface area (Å²) in [5.74, 6) is -2.08. The van der Waals surface area contributed by atoms with Gasteiger partial charge in [-0.15, -0.1) is 0 Å². The van der Waals surface area contributed by atoms with Crippen LogP contribution in [-0.4, -0.2) is 164 Å². The highest BCUT2D eigenvalue weighted by Gasteiger charge is 2.36. The normalized spacial score (nSPS) is 14.1. The van der Waals surface area contributed by atoms with Crippen molar-refractivity contribution in [2.75, 3.05) is 153 Å². The summed E-state index contributed by atoms with van der Waals surface area (Å²) in [7, 11) is 0. The Bertz CT molecular complexity index is 6200. The molecule has 6 aromatic carbocycles. The van der Waals surface area contributed by atoms with Gasteiger partial charge < -0.3 is 78.3 Å². The van der Waals surface area contributed by atoms with Crippen LogP contribution in [0.2, 0.25) is 0 Å². The molecule has 4 amide bonds. The van der Waals surface area contributed by atoms with Gasteiger partial charge in [0.05, 0.1) is 88.0 Å². The van der Waals surface area contributed by atoms with Crippen LogP contribution in [0.3, 0.4) is 0 Å². The topological polar surface area (TPSA) is 280 Å². The highest BCUT2D eigenvalue weighted by Crippen LogP contribution is 2.40. The first kappa shape index (κ1) is 103. The van der Waals surface area contributed by atoms with Crippen LogP contribution in [0.25, 0.3) is 44.5 Å². The fraction of sp³-hybridized carbons (Fsp3) is 0.314. The minimum atomic E-state index is -4.64. The molecule has 4 aliphatic heterocycles. The van der Waals surface area contributed by atoms with E-state index in [4.69, 9.17) is 23.7 Å². The number of nitrogens with zero attached hydrogens (tertiary/aromatic N) is 10. The van der Waals surface area contributed by atoms with Crippen molar-refractivity contribution < 1.29 is 95.5 Å². The lowest BCUT2D eigenvalue weighted by Crippen LogP contribution is -2.40. The van der Waals surface area contributed by atoms with Gasteiger partial charge in [0.15, 0.2) is 0 Å². The van der Waals surface area contributed by atoms with Gasteiger partial charge in [0.2, 0.25) is 5.88 Å². The van der Waals surface area contributed by atoms with Crippen LogP contribution < -0.4 is 62.3 Å². The van der Waals surface area contributed by atoms with Gasteiger partial charge in [-0.3, -0.25) is 43.5 Å². The molecule has 0 atom stereocenters. The van der Waals surface area contributed by atoms with Crippen LogP contribution in [0, 0.1) is 27.7 Å². The number of benzene rings is 6. The smallest absolute Gasteiger partial charge is 0.433 e. The minimum absolute atomic E-state index is 0.0701. The molecule has 140 heavy (non-hydrogen) atoms. The Kier molecular flexibility index (Phi) is 33.4. The maximum absolute atomic E-state index is 13.0. The Hall–Kier alpha value is -14.5. The lowest BCUT2D eigenvalue weighted by Gasteiger charge is -2.30. The summed E-state index contributed by atoms with van der Waals surface area (Å²) in [5, 5.41) is 10.7. The Labute approximate surface area is 797 Å². The molecule has 0 saturated carbocycles. The van der Waals surface area contributed by atoms with E-state index in [1.807, 2.05) is 113 Å². The van der Waals surface area contributed by atoms with Crippen molar-refractivity contribution >= 4 is 69.1 Å². The zero-order valence-corrected chi connectivity index (χ0v) is 77.7. The van der Waals surface area contributed by atoms with Gasteiger partial charge >= 0.3 is 24.7 Å². The molecular weight excluding hydrogens is 1840 g/mol. The number of nitrogens with one attached hydrogen (secondary N) is 4. The monoisotopic (exact) mass is 1940 g/mol. The summed E-state index contributed by atoms with van der Waals surface area (Å²) in [4.78, 5) is 110. The summed E-state index contributed by atoms with van der Waals surface area (Å²) in [6, 6.07) is 39.9. The van der Waals surface area contributed by atoms with Gasteiger partial charge in [-0.25, -0.2) is 4.98 Å². The van der Waals surface area contributed by atoms with Crippen LogP contribution in [0.4, 0.5) is 98.2 Å². The highest BCUT2D eigenvalue weighted by molar-refractivity contribution is 6.07. The van der Waals surface area contributed by atoms with Gasteiger partial charge in [-0.05, 0) is 222 Å². The molecule has 16 rings (SSSR count). The van der Waals surface area contributed by atoms with Crippen LogP contribution in [-0.2, 0) is 63.3 Å². The number of aromatic nitrogens is 6.